The Bertz CT molecular complexity index is 659. The number of methoxy groups -OCH3 is 1. The van der Waals surface area contributed by atoms with Crippen LogP contribution in [0.1, 0.15) is 43.5 Å². The molecule has 0 saturated carbocycles. The van der Waals surface area contributed by atoms with Crippen LogP contribution in [-0.4, -0.2) is 31.4 Å². The van der Waals surface area contributed by atoms with Crippen molar-refractivity contribution in [2.24, 2.45) is 0 Å². The summed E-state index contributed by atoms with van der Waals surface area (Å²) in [6, 6.07) is -1.80. The summed E-state index contributed by atoms with van der Waals surface area (Å²) in [4.78, 5) is 12.1. The maximum atomic E-state index is 12.1. The Morgan fingerprint density at radius 2 is 1.74 bits per heavy atom. The first-order chi connectivity index (χ1) is 10.4. The van der Waals surface area contributed by atoms with Gasteiger partial charge in [0.05, 0.1) is 29.4 Å². The maximum Gasteiger partial charge on any atom is 0.495 e. The number of carbonyl (C=O) groups excluding carboxylic acids is 1. The van der Waals surface area contributed by atoms with E-state index < -0.39 is 42.4 Å². The second-order valence-corrected chi connectivity index (χ2v) is 5.37. The number of hydrogen-bond donors (Lipinski definition) is 0. The molecule has 0 spiro atoms. The van der Waals surface area contributed by atoms with Crippen molar-refractivity contribution in [2.75, 3.05) is 7.11 Å². The Morgan fingerprint density at radius 3 is 2.26 bits per heavy atom. The molecule has 0 radical (unpaired) electrons. The summed E-state index contributed by atoms with van der Waals surface area (Å²) in [7, 11) is 0.0628. The molecule has 0 atom stereocenters. The minimum Gasteiger partial charge on any atom is -0.465 e. The van der Waals surface area contributed by atoms with Gasteiger partial charge in [-0.1, -0.05) is 18.1 Å². The first kappa shape index (κ1) is 9.56. The molecule has 2 rings (SSSR count). The lowest BCUT2D eigenvalue weighted by molar-refractivity contribution is 0.00578. The summed E-state index contributed by atoms with van der Waals surface area (Å²) in [5.41, 5.74) is -1.72. The van der Waals surface area contributed by atoms with Crippen molar-refractivity contribution in [1.82, 2.24) is 0 Å². The highest BCUT2D eigenvalue weighted by Gasteiger charge is 2.52. The van der Waals surface area contributed by atoms with Gasteiger partial charge in [-0.3, -0.25) is 0 Å². The van der Waals surface area contributed by atoms with E-state index in [2.05, 4.69) is 4.74 Å². The summed E-state index contributed by atoms with van der Waals surface area (Å²) in [6.07, 6.45) is 0. The van der Waals surface area contributed by atoms with Crippen molar-refractivity contribution in [3.63, 3.8) is 0 Å². The fourth-order valence-corrected chi connectivity index (χ4v) is 1.72. The number of ether oxygens (including phenoxy) is 1. The molecule has 102 valence electrons. The Kier molecular flexibility index (Phi) is 2.34. The molecule has 1 aliphatic heterocycles. The molecule has 1 aromatic rings. The van der Waals surface area contributed by atoms with Crippen LogP contribution >= 0.6 is 0 Å². The average molecular weight is 266 g/mol. The van der Waals surface area contributed by atoms with Crippen LogP contribution in [0.25, 0.3) is 0 Å². The Labute approximate surface area is 119 Å². The summed E-state index contributed by atoms with van der Waals surface area (Å²) < 4.78 is 48.0. The SMILES string of the molecule is [2H]c1c([2H])c([2H])c(C(=O)OC)c(B2OC(C)(C)C(C)(C)O2)c1[2H]. The highest BCUT2D eigenvalue weighted by molar-refractivity contribution is 6.63. The van der Waals surface area contributed by atoms with Gasteiger partial charge in [-0.05, 0) is 39.2 Å². The van der Waals surface area contributed by atoms with Crippen molar-refractivity contribution in [1.29, 1.82) is 0 Å². The molecular weight excluding hydrogens is 243 g/mol. The van der Waals surface area contributed by atoms with Crippen molar-refractivity contribution in [2.45, 2.75) is 38.9 Å². The predicted molar refractivity (Wildman–Crippen MR) is 73.5 cm³/mol. The van der Waals surface area contributed by atoms with Gasteiger partial charge in [-0.25, -0.2) is 4.79 Å². The van der Waals surface area contributed by atoms with E-state index >= 15 is 0 Å². The molecule has 5 heteroatoms. The number of hydrogen-bond acceptors (Lipinski definition) is 4. The molecule has 0 aromatic heterocycles. The molecule has 1 aliphatic rings. The third kappa shape index (κ3) is 2.40. The van der Waals surface area contributed by atoms with Crippen molar-refractivity contribution >= 4 is 18.6 Å². The Morgan fingerprint density at radius 1 is 1.21 bits per heavy atom. The normalized spacial score (nSPS) is 23.3. The fourth-order valence-electron chi connectivity index (χ4n) is 1.72. The summed E-state index contributed by atoms with van der Waals surface area (Å²) in [5, 5.41) is 0. The highest BCUT2D eigenvalue weighted by atomic mass is 16.7. The molecule has 1 fully saturated rings. The van der Waals surface area contributed by atoms with Crippen molar-refractivity contribution in [3.8, 4) is 0 Å². The molecular formula is C14H19BO4. The van der Waals surface area contributed by atoms with Gasteiger partial charge < -0.3 is 14.0 Å². The lowest BCUT2D eigenvalue weighted by atomic mass is 9.76. The zero-order valence-electron chi connectivity index (χ0n) is 15.7. The summed E-state index contributed by atoms with van der Waals surface area (Å²) in [6.45, 7) is 7.26. The van der Waals surface area contributed by atoms with E-state index in [4.69, 9.17) is 14.8 Å². The first-order valence-electron chi connectivity index (χ1n) is 7.98. The fraction of sp³-hybridized carbons (Fsp3) is 0.500. The minimum atomic E-state index is -1.09. The van der Waals surface area contributed by atoms with Crippen LogP contribution in [0.2, 0.25) is 0 Å². The predicted octanol–water partition coefficient (Wildman–Crippen LogP) is 1.77. The molecule has 0 aliphatic carbocycles. The quantitative estimate of drug-likeness (QED) is 0.604. The van der Waals surface area contributed by atoms with Gasteiger partial charge in [0.15, 0.2) is 0 Å². The summed E-state index contributed by atoms with van der Waals surface area (Å²) in [5.74, 6) is -0.860. The lowest BCUT2D eigenvalue weighted by Crippen LogP contribution is -2.41. The van der Waals surface area contributed by atoms with Gasteiger partial charge in [0.1, 0.15) is 0 Å². The van der Waals surface area contributed by atoms with E-state index in [-0.39, 0.29) is 17.1 Å². The monoisotopic (exact) mass is 266 g/mol. The molecule has 1 heterocycles. The maximum absolute atomic E-state index is 12.1. The zero-order valence-corrected chi connectivity index (χ0v) is 11.7. The molecule has 1 aromatic carbocycles. The highest BCUT2D eigenvalue weighted by Crippen LogP contribution is 2.36. The van der Waals surface area contributed by atoms with Gasteiger partial charge in [-0.15, -0.1) is 0 Å². The third-order valence-electron chi connectivity index (χ3n) is 3.59. The van der Waals surface area contributed by atoms with Crippen molar-refractivity contribution < 1.29 is 24.3 Å². The van der Waals surface area contributed by atoms with Crippen molar-refractivity contribution in [3.05, 3.63) is 29.7 Å². The molecule has 0 amide bonds. The van der Waals surface area contributed by atoms with E-state index in [9.17, 15) is 4.79 Å². The largest absolute Gasteiger partial charge is 0.495 e. The lowest BCUT2D eigenvalue weighted by Gasteiger charge is -2.32. The number of carbonyl (C=O) groups is 1. The average Bonchev–Trinajstić information content (AvgIpc) is 2.67. The van der Waals surface area contributed by atoms with E-state index in [0.717, 1.165) is 7.11 Å². The van der Waals surface area contributed by atoms with Crippen LogP contribution in [0.5, 0.6) is 0 Å². The van der Waals surface area contributed by atoms with Crippen LogP contribution in [0, 0.1) is 0 Å². The van der Waals surface area contributed by atoms with Gasteiger partial charge in [0, 0.05) is 0 Å². The zero-order chi connectivity index (χ0) is 17.7. The van der Waals surface area contributed by atoms with Crippen LogP contribution in [0.3, 0.4) is 0 Å². The van der Waals surface area contributed by atoms with Crippen LogP contribution in [-0.2, 0) is 14.0 Å². The van der Waals surface area contributed by atoms with Crippen LogP contribution in [0.15, 0.2) is 24.2 Å². The van der Waals surface area contributed by atoms with E-state index in [1.54, 1.807) is 0 Å². The number of rotatable bonds is 2. The van der Waals surface area contributed by atoms with Gasteiger partial charge in [-0.2, -0.15) is 0 Å². The number of esters is 1. The molecule has 0 bridgehead atoms. The molecule has 0 unspecified atom stereocenters. The topological polar surface area (TPSA) is 44.8 Å². The Balaban J connectivity index is 2.70. The van der Waals surface area contributed by atoms with Crippen LogP contribution < -0.4 is 5.46 Å². The summed E-state index contributed by atoms with van der Waals surface area (Å²) >= 11 is 0. The molecule has 0 N–H and O–H groups in total. The molecule has 4 nitrogen and oxygen atoms in total. The second kappa shape index (κ2) is 4.65. The molecule has 19 heavy (non-hydrogen) atoms. The number of benzene rings is 1. The van der Waals surface area contributed by atoms with Gasteiger partial charge in [0.2, 0.25) is 0 Å². The first-order valence-corrected chi connectivity index (χ1v) is 5.98. The molecule has 1 saturated heterocycles. The van der Waals surface area contributed by atoms with Crippen LogP contribution in [0.4, 0.5) is 0 Å². The second-order valence-electron chi connectivity index (χ2n) is 5.37. The van der Waals surface area contributed by atoms with Gasteiger partial charge in [0.25, 0.3) is 0 Å². The van der Waals surface area contributed by atoms with Gasteiger partial charge >= 0.3 is 13.1 Å². The van der Waals surface area contributed by atoms with E-state index in [0.29, 0.717) is 0 Å². The smallest absolute Gasteiger partial charge is 0.465 e. The Hall–Kier alpha value is -1.33. The van der Waals surface area contributed by atoms with E-state index in [1.807, 2.05) is 27.7 Å². The minimum absolute atomic E-state index is 0.0403. The standard InChI is InChI=1S/C14H19BO4/c1-13(2)14(3,4)19-15(18-13)11-9-7-6-8-10(11)12(16)17-5/h6-9H,1-5H3/i6D,7D,8D,9D. The third-order valence-corrected chi connectivity index (χ3v) is 3.59. The van der Waals surface area contributed by atoms with E-state index in [1.165, 1.54) is 0 Å².